The molecule has 160 valence electrons. The number of aryl methyl sites for hydroxylation is 1. The zero-order valence-electron chi connectivity index (χ0n) is 17.6. The number of hydrogen-bond acceptors (Lipinski definition) is 3. The highest BCUT2D eigenvalue weighted by atomic mass is 35.5. The first-order chi connectivity index (χ1) is 14.5. The molecule has 0 aliphatic heterocycles. The van der Waals surface area contributed by atoms with Crippen molar-refractivity contribution >= 4 is 28.5 Å². The van der Waals surface area contributed by atoms with Gasteiger partial charge < -0.3 is 14.2 Å². The molecule has 0 bridgehead atoms. The fraction of sp³-hybridized carbons (Fsp3) is 0.391. The molecule has 0 unspecified atom stereocenters. The number of imidazole rings is 1. The van der Waals surface area contributed by atoms with E-state index < -0.39 is 5.82 Å². The minimum absolute atomic E-state index is 0.119. The largest absolute Gasteiger partial charge is 0.494 e. The van der Waals surface area contributed by atoms with Crippen LogP contribution in [0.2, 0.25) is 5.02 Å². The number of halogens is 2. The first-order valence-electron chi connectivity index (χ1n) is 10.3. The summed E-state index contributed by atoms with van der Waals surface area (Å²) in [5.74, 6) is 0.144. The maximum atomic E-state index is 14.2. The second kappa shape index (κ2) is 9.94. The van der Waals surface area contributed by atoms with E-state index in [2.05, 4.69) is 18.4 Å². The van der Waals surface area contributed by atoms with Crippen molar-refractivity contribution in [1.29, 1.82) is 0 Å². The van der Waals surface area contributed by atoms with E-state index in [0.29, 0.717) is 23.7 Å². The standard InChI is InChI=1S/C23H27ClFN3O2/c1-4-6-12-27(23(29)16-7-10-21(30-3)18(25)13-16)15-22-26-19-9-8-17(24)14-20(19)28(22)11-5-2/h7-10,13-14H,4-6,11-12,15H2,1-3H3. The third kappa shape index (κ3) is 4.75. The van der Waals surface area contributed by atoms with Crippen molar-refractivity contribution in [3.8, 4) is 5.75 Å². The number of carbonyl (C=O) groups excluding carboxylic acids is 1. The fourth-order valence-corrected chi connectivity index (χ4v) is 3.66. The highest BCUT2D eigenvalue weighted by molar-refractivity contribution is 6.31. The lowest BCUT2D eigenvalue weighted by Crippen LogP contribution is -2.32. The summed E-state index contributed by atoms with van der Waals surface area (Å²) < 4.78 is 21.2. The summed E-state index contributed by atoms with van der Waals surface area (Å²) in [4.78, 5) is 19.7. The number of amides is 1. The molecule has 3 rings (SSSR count). The van der Waals surface area contributed by atoms with Gasteiger partial charge in [0, 0.05) is 23.7 Å². The average molecular weight is 432 g/mol. The van der Waals surface area contributed by atoms with Crippen LogP contribution in [0.1, 0.15) is 49.3 Å². The minimum atomic E-state index is -0.549. The highest BCUT2D eigenvalue weighted by Crippen LogP contribution is 2.24. The van der Waals surface area contributed by atoms with Gasteiger partial charge in [0.25, 0.3) is 5.91 Å². The molecule has 30 heavy (non-hydrogen) atoms. The van der Waals surface area contributed by atoms with Crippen molar-refractivity contribution < 1.29 is 13.9 Å². The molecular formula is C23H27ClFN3O2. The lowest BCUT2D eigenvalue weighted by molar-refractivity contribution is 0.0734. The lowest BCUT2D eigenvalue weighted by Gasteiger charge is -2.23. The molecule has 0 N–H and O–H groups in total. The SMILES string of the molecule is CCCCN(Cc1nc2ccc(Cl)cc2n1CCC)C(=O)c1ccc(OC)c(F)c1. The first-order valence-corrected chi connectivity index (χ1v) is 10.6. The van der Waals surface area contributed by atoms with Gasteiger partial charge >= 0.3 is 0 Å². The normalized spacial score (nSPS) is 11.1. The molecule has 1 aromatic heterocycles. The molecular weight excluding hydrogens is 405 g/mol. The van der Waals surface area contributed by atoms with Crippen LogP contribution in [-0.4, -0.2) is 34.0 Å². The zero-order chi connectivity index (χ0) is 21.7. The van der Waals surface area contributed by atoms with Gasteiger partial charge in [-0.25, -0.2) is 9.37 Å². The van der Waals surface area contributed by atoms with Gasteiger partial charge in [-0.1, -0.05) is 31.9 Å². The van der Waals surface area contributed by atoms with Crippen LogP contribution in [0.25, 0.3) is 11.0 Å². The molecule has 2 aromatic carbocycles. The molecule has 7 heteroatoms. The van der Waals surface area contributed by atoms with Crippen molar-refractivity contribution in [2.45, 2.75) is 46.2 Å². The number of ether oxygens (including phenoxy) is 1. The summed E-state index contributed by atoms with van der Waals surface area (Å²) in [6, 6.07) is 9.92. The molecule has 0 aliphatic rings. The predicted octanol–water partition coefficient (Wildman–Crippen LogP) is 5.69. The first kappa shape index (κ1) is 22.1. The Morgan fingerprint density at radius 1 is 1.20 bits per heavy atom. The van der Waals surface area contributed by atoms with Crippen molar-refractivity contribution in [3.63, 3.8) is 0 Å². The van der Waals surface area contributed by atoms with Crippen LogP contribution in [0.4, 0.5) is 4.39 Å². The molecule has 0 saturated heterocycles. The minimum Gasteiger partial charge on any atom is -0.494 e. The Morgan fingerprint density at radius 2 is 2.00 bits per heavy atom. The molecule has 5 nitrogen and oxygen atoms in total. The van der Waals surface area contributed by atoms with Gasteiger partial charge in [-0.3, -0.25) is 4.79 Å². The van der Waals surface area contributed by atoms with E-state index >= 15 is 0 Å². The Morgan fingerprint density at radius 3 is 2.67 bits per heavy atom. The Kier molecular flexibility index (Phi) is 7.32. The summed E-state index contributed by atoms with van der Waals surface area (Å²) in [6.45, 7) is 5.86. The molecule has 0 spiro atoms. The monoisotopic (exact) mass is 431 g/mol. The van der Waals surface area contributed by atoms with E-state index in [-0.39, 0.29) is 11.7 Å². The second-order valence-corrected chi connectivity index (χ2v) is 7.68. The molecule has 0 radical (unpaired) electrons. The number of nitrogens with zero attached hydrogens (tertiary/aromatic N) is 3. The van der Waals surface area contributed by atoms with Crippen LogP contribution in [0.3, 0.4) is 0 Å². The summed E-state index contributed by atoms with van der Waals surface area (Å²) in [7, 11) is 1.40. The second-order valence-electron chi connectivity index (χ2n) is 7.24. The molecule has 3 aromatic rings. The summed E-state index contributed by atoms with van der Waals surface area (Å²) in [5, 5.41) is 0.652. The van der Waals surface area contributed by atoms with Crippen LogP contribution < -0.4 is 4.74 Å². The quantitative estimate of drug-likeness (QED) is 0.437. The summed E-state index contributed by atoms with van der Waals surface area (Å²) >= 11 is 6.19. The number of carbonyl (C=O) groups is 1. The van der Waals surface area contributed by atoms with Crippen LogP contribution in [0.5, 0.6) is 5.75 Å². The van der Waals surface area contributed by atoms with Crippen LogP contribution >= 0.6 is 11.6 Å². The van der Waals surface area contributed by atoms with Crippen LogP contribution in [-0.2, 0) is 13.1 Å². The van der Waals surface area contributed by atoms with Gasteiger partial charge in [0.05, 0.1) is 24.7 Å². The molecule has 1 amide bonds. The van der Waals surface area contributed by atoms with E-state index in [9.17, 15) is 9.18 Å². The Labute approximate surface area is 181 Å². The fourth-order valence-electron chi connectivity index (χ4n) is 3.49. The highest BCUT2D eigenvalue weighted by Gasteiger charge is 2.21. The Hall–Kier alpha value is -2.60. The van der Waals surface area contributed by atoms with Gasteiger partial charge in [-0.15, -0.1) is 0 Å². The van der Waals surface area contributed by atoms with E-state index in [1.54, 1.807) is 11.0 Å². The smallest absolute Gasteiger partial charge is 0.254 e. The van der Waals surface area contributed by atoms with Crippen molar-refractivity contribution in [3.05, 3.63) is 58.6 Å². The molecule has 1 heterocycles. The third-order valence-corrected chi connectivity index (χ3v) is 5.27. The van der Waals surface area contributed by atoms with Crippen molar-refractivity contribution in [1.82, 2.24) is 14.5 Å². The molecule has 0 atom stereocenters. The van der Waals surface area contributed by atoms with Gasteiger partial charge in [-0.05, 0) is 49.2 Å². The van der Waals surface area contributed by atoms with Gasteiger partial charge in [0.1, 0.15) is 5.82 Å². The average Bonchev–Trinajstić information content (AvgIpc) is 3.07. The van der Waals surface area contributed by atoms with Crippen LogP contribution in [0.15, 0.2) is 36.4 Å². The summed E-state index contributed by atoms with van der Waals surface area (Å²) in [6.07, 6.45) is 2.73. The Bertz CT molecular complexity index is 1030. The number of aromatic nitrogens is 2. The molecule has 0 saturated carbocycles. The lowest BCUT2D eigenvalue weighted by atomic mass is 10.1. The number of unbranched alkanes of at least 4 members (excludes halogenated alkanes) is 1. The topological polar surface area (TPSA) is 47.4 Å². The number of fused-ring (bicyclic) bond motifs is 1. The van der Waals surface area contributed by atoms with Gasteiger partial charge in [-0.2, -0.15) is 0 Å². The third-order valence-electron chi connectivity index (χ3n) is 5.04. The van der Waals surface area contributed by atoms with E-state index in [1.165, 1.54) is 19.2 Å². The number of benzene rings is 2. The maximum absolute atomic E-state index is 14.2. The number of rotatable bonds is 9. The summed E-state index contributed by atoms with van der Waals surface area (Å²) in [5.41, 5.74) is 2.10. The van der Waals surface area contributed by atoms with Crippen molar-refractivity contribution in [2.75, 3.05) is 13.7 Å². The Balaban J connectivity index is 1.95. The predicted molar refractivity (Wildman–Crippen MR) is 118 cm³/mol. The van der Waals surface area contributed by atoms with Gasteiger partial charge in [0.15, 0.2) is 11.6 Å². The van der Waals surface area contributed by atoms with Crippen molar-refractivity contribution in [2.24, 2.45) is 0 Å². The van der Waals surface area contributed by atoms with Gasteiger partial charge in [0.2, 0.25) is 0 Å². The molecule has 0 aliphatic carbocycles. The van der Waals surface area contributed by atoms with E-state index in [0.717, 1.165) is 42.7 Å². The van der Waals surface area contributed by atoms with Crippen LogP contribution in [0, 0.1) is 5.82 Å². The molecule has 0 fully saturated rings. The zero-order valence-corrected chi connectivity index (χ0v) is 18.4. The van der Waals surface area contributed by atoms with E-state index in [4.69, 9.17) is 21.3 Å². The number of hydrogen-bond donors (Lipinski definition) is 0. The maximum Gasteiger partial charge on any atom is 0.254 e. The van der Waals surface area contributed by atoms with E-state index in [1.807, 2.05) is 18.2 Å². The number of methoxy groups -OCH3 is 1.